The third-order valence-electron chi connectivity index (χ3n) is 4.99. The highest BCUT2D eigenvalue weighted by molar-refractivity contribution is 6.04. The Morgan fingerprint density at radius 1 is 1.36 bits per heavy atom. The third kappa shape index (κ3) is 2.50. The third-order valence-corrected chi connectivity index (χ3v) is 4.99. The maximum Gasteiger partial charge on any atom is 0.343 e. The molecule has 7 nitrogen and oxygen atoms in total. The molecule has 4 rings (SSSR count). The van der Waals surface area contributed by atoms with Crippen LogP contribution in [-0.2, 0) is 18.3 Å². The van der Waals surface area contributed by atoms with E-state index in [-0.39, 0.29) is 17.6 Å². The van der Waals surface area contributed by atoms with Gasteiger partial charge in [0, 0.05) is 25.2 Å². The molecule has 0 aliphatic heterocycles. The Kier molecular flexibility index (Phi) is 3.78. The van der Waals surface area contributed by atoms with Gasteiger partial charge in [0.05, 0.1) is 17.6 Å². The summed E-state index contributed by atoms with van der Waals surface area (Å²) in [7, 11) is 1.82. The SMILES string of the molecule is CCOC(=O)c1cn(CC2CCC2)c2c(ccc3c2nnn3C)c1=O. The van der Waals surface area contributed by atoms with Crippen LogP contribution in [0.1, 0.15) is 36.5 Å². The summed E-state index contributed by atoms with van der Waals surface area (Å²) in [5.41, 5.74) is 2.06. The van der Waals surface area contributed by atoms with E-state index in [0.717, 1.165) is 17.6 Å². The molecule has 0 unspecified atom stereocenters. The van der Waals surface area contributed by atoms with Crippen molar-refractivity contribution in [1.82, 2.24) is 19.6 Å². The first kappa shape index (κ1) is 15.8. The van der Waals surface area contributed by atoms with Gasteiger partial charge in [-0.2, -0.15) is 0 Å². The first-order chi connectivity index (χ1) is 12.1. The van der Waals surface area contributed by atoms with Crippen molar-refractivity contribution < 1.29 is 9.53 Å². The molecule has 7 heteroatoms. The molecule has 0 radical (unpaired) electrons. The Hall–Kier alpha value is -2.70. The highest BCUT2D eigenvalue weighted by Crippen LogP contribution is 2.30. The van der Waals surface area contributed by atoms with Gasteiger partial charge in [0.1, 0.15) is 11.1 Å². The van der Waals surface area contributed by atoms with Gasteiger partial charge in [-0.25, -0.2) is 9.48 Å². The molecule has 130 valence electrons. The number of aromatic nitrogens is 4. The van der Waals surface area contributed by atoms with Crippen molar-refractivity contribution >= 4 is 27.9 Å². The molecule has 3 aromatic rings. The van der Waals surface area contributed by atoms with Crippen molar-refractivity contribution in [3.63, 3.8) is 0 Å². The van der Waals surface area contributed by atoms with Crippen molar-refractivity contribution in [2.45, 2.75) is 32.7 Å². The van der Waals surface area contributed by atoms with E-state index < -0.39 is 5.97 Å². The Morgan fingerprint density at radius 2 is 2.16 bits per heavy atom. The van der Waals surface area contributed by atoms with E-state index in [4.69, 9.17) is 4.74 Å². The molecule has 0 atom stereocenters. The number of hydrogen-bond donors (Lipinski definition) is 0. The summed E-state index contributed by atoms with van der Waals surface area (Å²) in [5, 5.41) is 8.81. The number of esters is 1. The number of carbonyl (C=O) groups is 1. The first-order valence-electron chi connectivity index (χ1n) is 8.62. The fraction of sp³-hybridized carbons (Fsp3) is 0.444. The van der Waals surface area contributed by atoms with Gasteiger partial charge in [0.2, 0.25) is 5.43 Å². The fourth-order valence-electron chi connectivity index (χ4n) is 3.44. The molecule has 1 fully saturated rings. The number of benzene rings is 1. The second-order valence-electron chi connectivity index (χ2n) is 6.58. The molecular weight excluding hydrogens is 320 g/mol. The van der Waals surface area contributed by atoms with E-state index in [2.05, 4.69) is 10.3 Å². The average molecular weight is 340 g/mol. The number of ether oxygens (including phenoxy) is 1. The Bertz CT molecular complexity index is 1030. The lowest BCUT2D eigenvalue weighted by atomic mass is 9.85. The second kappa shape index (κ2) is 5.98. The van der Waals surface area contributed by atoms with Crippen molar-refractivity contribution in [2.75, 3.05) is 6.61 Å². The summed E-state index contributed by atoms with van der Waals surface area (Å²) >= 11 is 0. The average Bonchev–Trinajstić information content (AvgIpc) is 2.94. The van der Waals surface area contributed by atoms with Crippen LogP contribution in [0.3, 0.4) is 0 Å². The van der Waals surface area contributed by atoms with Gasteiger partial charge in [-0.15, -0.1) is 5.10 Å². The quantitative estimate of drug-likeness (QED) is 0.681. The molecule has 1 aliphatic rings. The van der Waals surface area contributed by atoms with Crippen LogP contribution in [0, 0.1) is 5.92 Å². The summed E-state index contributed by atoms with van der Waals surface area (Å²) < 4.78 is 8.74. The maximum atomic E-state index is 12.8. The lowest BCUT2D eigenvalue weighted by Gasteiger charge is -2.27. The zero-order valence-corrected chi connectivity index (χ0v) is 14.4. The molecular formula is C18H20N4O3. The molecule has 1 aromatic carbocycles. The van der Waals surface area contributed by atoms with E-state index in [1.165, 1.54) is 19.3 Å². The van der Waals surface area contributed by atoms with Gasteiger partial charge in [-0.1, -0.05) is 11.6 Å². The number of carbonyl (C=O) groups excluding carboxylic acids is 1. The van der Waals surface area contributed by atoms with E-state index in [9.17, 15) is 9.59 Å². The smallest absolute Gasteiger partial charge is 0.343 e. The standard InChI is InChI=1S/C18H20N4O3/c1-3-25-18(24)13-10-22(9-11-5-4-6-11)16-12(17(13)23)7-8-14-15(16)19-20-21(14)2/h7-8,10-11H,3-6,9H2,1-2H3. The molecule has 0 bridgehead atoms. The summed E-state index contributed by atoms with van der Waals surface area (Å²) in [5.74, 6) is -0.0105. The Labute approximate surface area is 144 Å². The topological polar surface area (TPSA) is 79.0 Å². The lowest BCUT2D eigenvalue weighted by molar-refractivity contribution is 0.0524. The number of nitrogens with zero attached hydrogens (tertiary/aromatic N) is 4. The molecule has 0 amide bonds. The molecule has 2 heterocycles. The lowest BCUT2D eigenvalue weighted by Crippen LogP contribution is -2.24. The minimum absolute atomic E-state index is 0.0805. The van der Waals surface area contributed by atoms with Crippen molar-refractivity contribution in [2.24, 2.45) is 13.0 Å². The molecule has 2 aromatic heterocycles. The maximum absolute atomic E-state index is 12.8. The summed E-state index contributed by atoms with van der Waals surface area (Å²) in [6.45, 7) is 2.73. The van der Waals surface area contributed by atoms with Gasteiger partial charge < -0.3 is 9.30 Å². The minimum atomic E-state index is -0.573. The normalized spacial score (nSPS) is 14.8. The van der Waals surface area contributed by atoms with Gasteiger partial charge in [-0.05, 0) is 37.8 Å². The summed E-state index contributed by atoms with van der Waals surface area (Å²) in [6, 6.07) is 3.57. The number of aryl methyl sites for hydroxylation is 1. The molecule has 0 saturated heterocycles. The van der Waals surface area contributed by atoms with E-state index in [1.807, 2.05) is 17.7 Å². The van der Waals surface area contributed by atoms with Crippen LogP contribution in [-0.4, -0.2) is 32.1 Å². The van der Waals surface area contributed by atoms with Crippen molar-refractivity contribution in [1.29, 1.82) is 0 Å². The second-order valence-corrected chi connectivity index (χ2v) is 6.58. The van der Waals surface area contributed by atoms with Crippen LogP contribution in [0.15, 0.2) is 23.1 Å². The minimum Gasteiger partial charge on any atom is -0.462 e. The molecule has 1 aliphatic carbocycles. The highest BCUT2D eigenvalue weighted by Gasteiger charge is 2.23. The molecule has 1 saturated carbocycles. The van der Waals surface area contributed by atoms with E-state index in [1.54, 1.807) is 23.9 Å². The number of hydrogen-bond acceptors (Lipinski definition) is 5. The van der Waals surface area contributed by atoms with Crippen LogP contribution >= 0.6 is 0 Å². The zero-order valence-electron chi connectivity index (χ0n) is 14.4. The van der Waals surface area contributed by atoms with Crippen LogP contribution in [0.5, 0.6) is 0 Å². The van der Waals surface area contributed by atoms with Crippen molar-refractivity contribution in [3.8, 4) is 0 Å². The molecule has 0 spiro atoms. The van der Waals surface area contributed by atoms with Crippen LogP contribution < -0.4 is 5.43 Å². The highest BCUT2D eigenvalue weighted by atomic mass is 16.5. The first-order valence-corrected chi connectivity index (χ1v) is 8.62. The Balaban J connectivity index is 2.01. The monoisotopic (exact) mass is 340 g/mol. The molecule has 25 heavy (non-hydrogen) atoms. The summed E-state index contributed by atoms with van der Waals surface area (Å²) in [4.78, 5) is 25.1. The van der Waals surface area contributed by atoms with Crippen LogP contribution in [0.4, 0.5) is 0 Å². The number of fused-ring (bicyclic) bond motifs is 3. The fourth-order valence-corrected chi connectivity index (χ4v) is 3.44. The van der Waals surface area contributed by atoms with Crippen LogP contribution in [0.25, 0.3) is 21.9 Å². The summed E-state index contributed by atoms with van der Waals surface area (Å²) in [6.07, 6.45) is 5.20. The number of rotatable bonds is 4. The van der Waals surface area contributed by atoms with E-state index >= 15 is 0 Å². The van der Waals surface area contributed by atoms with E-state index in [0.29, 0.717) is 16.8 Å². The number of pyridine rings is 1. The van der Waals surface area contributed by atoms with Gasteiger partial charge in [0.25, 0.3) is 0 Å². The van der Waals surface area contributed by atoms with Crippen LogP contribution in [0.2, 0.25) is 0 Å². The zero-order chi connectivity index (χ0) is 17.6. The van der Waals surface area contributed by atoms with Gasteiger partial charge in [-0.3, -0.25) is 4.79 Å². The largest absolute Gasteiger partial charge is 0.462 e. The predicted octanol–water partition coefficient (Wildman–Crippen LogP) is 2.26. The Morgan fingerprint density at radius 3 is 2.84 bits per heavy atom. The van der Waals surface area contributed by atoms with Gasteiger partial charge >= 0.3 is 5.97 Å². The predicted molar refractivity (Wildman–Crippen MR) is 93.6 cm³/mol. The van der Waals surface area contributed by atoms with Gasteiger partial charge in [0.15, 0.2) is 0 Å². The molecule has 0 N–H and O–H groups in total. The van der Waals surface area contributed by atoms with Crippen molar-refractivity contribution in [3.05, 3.63) is 34.1 Å².